The molecule has 0 saturated heterocycles. The average Bonchev–Trinajstić information content (AvgIpc) is 2.81. The minimum atomic E-state index is -0.935. The van der Waals surface area contributed by atoms with Crippen LogP contribution in [0.2, 0.25) is 0 Å². The number of aryl methyl sites for hydroxylation is 1. The molecule has 0 atom stereocenters. The molecule has 0 aromatic carbocycles. The average molecular weight is 309 g/mol. The lowest BCUT2D eigenvalue weighted by Gasteiger charge is -2.21. The second-order valence-electron chi connectivity index (χ2n) is 5.87. The fourth-order valence-corrected chi connectivity index (χ4v) is 3.91. The highest BCUT2D eigenvalue weighted by Gasteiger charge is 2.15. The molecular weight excluding hydrogens is 286 g/mol. The topological polar surface area (TPSA) is 66.4 Å². The zero-order valence-corrected chi connectivity index (χ0v) is 13.3. The molecule has 5 heteroatoms. The van der Waals surface area contributed by atoms with E-state index in [0.29, 0.717) is 21.9 Å². The van der Waals surface area contributed by atoms with Crippen LogP contribution in [0.5, 0.6) is 0 Å². The highest BCUT2D eigenvalue weighted by atomic mass is 32.1. The van der Waals surface area contributed by atoms with Gasteiger partial charge in [-0.05, 0) is 37.3 Å². The van der Waals surface area contributed by atoms with Gasteiger partial charge < -0.3 is 10.4 Å². The Balaban J connectivity index is 1.74. The van der Waals surface area contributed by atoms with E-state index in [1.54, 1.807) is 13.0 Å². The number of hydrogen-bond acceptors (Lipinski definition) is 3. The molecule has 0 bridgehead atoms. The molecule has 1 aromatic rings. The first kappa shape index (κ1) is 16.0. The number of thiophene rings is 1. The van der Waals surface area contributed by atoms with Gasteiger partial charge in [0.1, 0.15) is 4.88 Å². The second kappa shape index (κ2) is 7.59. The summed E-state index contributed by atoms with van der Waals surface area (Å²) in [6, 6.07) is 1.73. The van der Waals surface area contributed by atoms with Crippen molar-refractivity contribution in [3.05, 3.63) is 16.5 Å². The molecular formula is C16H23NO3S. The van der Waals surface area contributed by atoms with Gasteiger partial charge in [-0.3, -0.25) is 4.79 Å². The third-order valence-corrected chi connectivity index (χ3v) is 5.26. The van der Waals surface area contributed by atoms with E-state index >= 15 is 0 Å². The molecule has 1 aliphatic carbocycles. The van der Waals surface area contributed by atoms with Crippen molar-refractivity contribution in [1.82, 2.24) is 0 Å². The summed E-state index contributed by atoms with van der Waals surface area (Å²) in [5.74, 6) is -0.145. The van der Waals surface area contributed by atoms with E-state index in [9.17, 15) is 9.59 Å². The molecule has 21 heavy (non-hydrogen) atoms. The molecule has 0 radical (unpaired) electrons. The molecule has 1 aliphatic rings. The van der Waals surface area contributed by atoms with E-state index in [1.807, 2.05) is 0 Å². The van der Waals surface area contributed by atoms with Crippen LogP contribution in [0.3, 0.4) is 0 Å². The minimum Gasteiger partial charge on any atom is -0.477 e. The smallest absolute Gasteiger partial charge is 0.346 e. The number of aromatic carboxylic acids is 1. The molecule has 0 unspecified atom stereocenters. The maximum Gasteiger partial charge on any atom is 0.346 e. The number of rotatable bonds is 6. The Bertz CT molecular complexity index is 504. The molecule has 1 amide bonds. The van der Waals surface area contributed by atoms with Crippen LogP contribution < -0.4 is 5.32 Å². The van der Waals surface area contributed by atoms with Crippen molar-refractivity contribution >= 4 is 28.2 Å². The van der Waals surface area contributed by atoms with Gasteiger partial charge in [-0.1, -0.05) is 32.1 Å². The Morgan fingerprint density at radius 1 is 1.33 bits per heavy atom. The number of hydrogen-bond donors (Lipinski definition) is 2. The number of carboxylic acids is 1. The van der Waals surface area contributed by atoms with Crippen LogP contribution in [-0.2, 0) is 4.79 Å². The zero-order chi connectivity index (χ0) is 15.2. The van der Waals surface area contributed by atoms with Crippen LogP contribution >= 0.6 is 11.3 Å². The van der Waals surface area contributed by atoms with Gasteiger partial charge in [-0.2, -0.15) is 0 Å². The van der Waals surface area contributed by atoms with E-state index in [2.05, 4.69) is 5.32 Å². The van der Waals surface area contributed by atoms with Crippen LogP contribution in [0.25, 0.3) is 0 Å². The Morgan fingerprint density at radius 2 is 2.05 bits per heavy atom. The summed E-state index contributed by atoms with van der Waals surface area (Å²) in [7, 11) is 0. The predicted octanol–water partition coefficient (Wildman–Crippen LogP) is 4.44. The highest BCUT2D eigenvalue weighted by Crippen LogP contribution is 2.29. The highest BCUT2D eigenvalue weighted by molar-refractivity contribution is 7.18. The fourth-order valence-electron chi connectivity index (χ4n) is 2.98. The SMILES string of the molecule is Cc1cc(NC(=O)CCCC2CCCCC2)sc1C(=O)O. The zero-order valence-electron chi connectivity index (χ0n) is 12.5. The third-order valence-electron chi connectivity index (χ3n) is 4.12. The molecule has 1 aromatic heterocycles. The van der Waals surface area contributed by atoms with Crippen LogP contribution in [0.15, 0.2) is 6.07 Å². The van der Waals surface area contributed by atoms with Crippen LogP contribution in [-0.4, -0.2) is 17.0 Å². The number of amides is 1. The van der Waals surface area contributed by atoms with Gasteiger partial charge in [0.15, 0.2) is 0 Å². The number of carbonyl (C=O) groups excluding carboxylic acids is 1. The maximum absolute atomic E-state index is 11.9. The van der Waals surface area contributed by atoms with Gasteiger partial charge in [0.05, 0.1) is 5.00 Å². The Morgan fingerprint density at radius 3 is 2.67 bits per heavy atom. The summed E-state index contributed by atoms with van der Waals surface area (Å²) in [5, 5.41) is 12.4. The normalized spacial score (nSPS) is 15.9. The summed E-state index contributed by atoms with van der Waals surface area (Å²) >= 11 is 1.13. The van der Waals surface area contributed by atoms with Crippen LogP contribution in [0, 0.1) is 12.8 Å². The van der Waals surface area contributed by atoms with E-state index in [0.717, 1.165) is 30.1 Å². The number of carbonyl (C=O) groups is 2. The van der Waals surface area contributed by atoms with Crippen molar-refractivity contribution in [3.63, 3.8) is 0 Å². The Labute approximate surface area is 129 Å². The number of carboxylic acid groups (broad SMARTS) is 1. The maximum atomic E-state index is 11.9. The fraction of sp³-hybridized carbons (Fsp3) is 0.625. The first-order valence-corrected chi connectivity index (χ1v) is 8.51. The first-order valence-electron chi connectivity index (χ1n) is 7.70. The molecule has 1 saturated carbocycles. The van der Waals surface area contributed by atoms with Gasteiger partial charge in [0, 0.05) is 6.42 Å². The Kier molecular flexibility index (Phi) is 5.79. The molecule has 2 N–H and O–H groups in total. The van der Waals surface area contributed by atoms with Crippen molar-refractivity contribution in [2.24, 2.45) is 5.92 Å². The van der Waals surface area contributed by atoms with E-state index in [1.165, 1.54) is 32.1 Å². The van der Waals surface area contributed by atoms with Gasteiger partial charge >= 0.3 is 5.97 Å². The number of nitrogens with one attached hydrogen (secondary N) is 1. The van der Waals surface area contributed by atoms with Gasteiger partial charge in [-0.15, -0.1) is 11.3 Å². The van der Waals surface area contributed by atoms with E-state index in [-0.39, 0.29) is 5.91 Å². The van der Waals surface area contributed by atoms with Crippen molar-refractivity contribution in [2.75, 3.05) is 5.32 Å². The molecule has 116 valence electrons. The third kappa shape index (κ3) is 4.84. The minimum absolute atomic E-state index is 0.0102. The summed E-state index contributed by atoms with van der Waals surface area (Å²) in [6.45, 7) is 1.75. The van der Waals surface area contributed by atoms with Crippen molar-refractivity contribution < 1.29 is 14.7 Å². The van der Waals surface area contributed by atoms with Crippen molar-refractivity contribution in [3.8, 4) is 0 Å². The predicted molar refractivity (Wildman–Crippen MR) is 85.1 cm³/mol. The second-order valence-corrected chi connectivity index (χ2v) is 6.92. The summed E-state index contributed by atoms with van der Waals surface area (Å²) < 4.78 is 0. The molecule has 1 fully saturated rings. The van der Waals surface area contributed by atoms with E-state index < -0.39 is 5.97 Å². The lowest BCUT2D eigenvalue weighted by molar-refractivity contribution is -0.116. The molecule has 0 aliphatic heterocycles. The standard InChI is InChI=1S/C16H23NO3S/c1-11-10-14(21-15(11)16(19)20)17-13(18)9-5-8-12-6-3-2-4-7-12/h10,12H,2-9H2,1H3,(H,17,18)(H,19,20). The lowest BCUT2D eigenvalue weighted by Crippen LogP contribution is -2.12. The molecule has 4 nitrogen and oxygen atoms in total. The quantitative estimate of drug-likeness (QED) is 0.816. The largest absolute Gasteiger partial charge is 0.477 e. The summed E-state index contributed by atoms with van der Waals surface area (Å²) in [4.78, 5) is 23.2. The Hall–Kier alpha value is -1.36. The molecule has 1 heterocycles. The number of anilines is 1. The van der Waals surface area contributed by atoms with Gasteiger partial charge in [0.2, 0.25) is 5.91 Å². The molecule has 0 spiro atoms. The summed E-state index contributed by atoms with van der Waals surface area (Å²) in [5.41, 5.74) is 0.699. The summed E-state index contributed by atoms with van der Waals surface area (Å²) in [6.07, 6.45) is 9.24. The first-order chi connectivity index (χ1) is 10.1. The monoisotopic (exact) mass is 309 g/mol. The lowest BCUT2D eigenvalue weighted by atomic mass is 9.86. The molecule has 2 rings (SSSR count). The van der Waals surface area contributed by atoms with Crippen LogP contribution in [0.4, 0.5) is 5.00 Å². The van der Waals surface area contributed by atoms with Crippen LogP contribution in [0.1, 0.15) is 66.6 Å². The van der Waals surface area contributed by atoms with Gasteiger partial charge in [0.25, 0.3) is 0 Å². The van der Waals surface area contributed by atoms with E-state index in [4.69, 9.17) is 5.11 Å². The van der Waals surface area contributed by atoms with Crippen molar-refractivity contribution in [2.45, 2.75) is 58.3 Å². The van der Waals surface area contributed by atoms with Crippen molar-refractivity contribution in [1.29, 1.82) is 0 Å². The van der Waals surface area contributed by atoms with Gasteiger partial charge in [-0.25, -0.2) is 4.79 Å².